The van der Waals surface area contributed by atoms with E-state index in [-0.39, 0.29) is 11.1 Å². The van der Waals surface area contributed by atoms with E-state index in [1.54, 1.807) is 0 Å². The van der Waals surface area contributed by atoms with Gasteiger partial charge in [-0.1, -0.05) is 6.92 Å². The number of aryl methyl sites for hydroxylation is 1. The summed E-state index contributed by atoms with van der Waals surface area (Å²) >= 11 is 1.87. The summed E-state index contributed by atoms with van der Waals surface area (Å²) in [7, 11) is 0. The SMILES string of the molecule is CCC(C)(C)OCc1cc(CNC(C)(C)C)sc1C. The van der Waals surface area contributed by atoms with Crippen LogP contribution >= 0.6 is 11.3 Å². The summed E-state index contributed by atoms with van der Waals surface area (Å²) < 4.78 is 5.99. The average molecular weight is 283 g/mol. The molecular weight excluding hydrogens is 254 g/mol. The van der Waals surface area contributed by atoms with Crippen molar-refractivity contribution < 1.29 is 4.74 Å². The van der Waals surface area contributed by atoms with E-state index in [1.807, 2.05) is 11.3 Å². The zero-order valence-electron chi connectivity index (χ0n) is 13.5. The zero-order valence-corrected chi connectivity index (χ0v) is 14.3. The molecule has 0 saturated heterocycles. The van der Waals surface area contributed by atoms with Crippen molar-refractivity contribution >= 4 is 11.3 Å². The maximum atomic E-state index is 5.99. The Morgan fingerprint density at radius 3 is 2.37 bits per heavy atom. The predicted molar refractivity (Wildman–Crippen MR) is 84.8 cm³/mol. The van der Waals surface area contributed by atoms with Gasteiger partial charge in [0.15, 0.2) is 0 Å². The lowest BCUT2D eigenvalue weighted by Gasteiger charge is -2.23. The smallest absolute Gasteiger partial charge is 0.0734 e. The van der Waals surface area contributed by atoms with Crippen molar-refractivity contribution in [2.24, 2.45) is 0 Å². The van der Waals surface area contributed by atoms with Crippen LogP contribution in [0.3, 0.4) is 0 Å². The molecule has 0 radical (unpaired) electrons. The van der Waals surface area contributed by atoms with Gasteiger partial charge in [0.1, 0.15) is 0 Å². The molecule has 110 valence electrons. The highest BCUT2D eigenvalue weighted by Gasteiger charge is 2.17. The van der Waals surface area contributed by atoms with Crippen LogP contribution in [0.4, 0.5) is 0 Å². The second kappa shape index (κ2) is 6.38. The molecule has 0 bridgehead atoms. The fourth-order valence-corrected chi connectivity index (χ4v) is 2.53. The molecule has 0 aliphatic carbocycles. The van der Waals surface area contributed by atoms with Crippen molar-refractivity contribution in [2.45, 2.75) is 79.2 Å². The second-order valence-electron chi connectivity index (χ2n) is 6.80. The number of hydrogen-bond acceptors (Lipinski definition) is 3. The molecule has 0 aromatic carbocycles. The van der Waals surface area contributed by atoms with E-state index in [9.17, 15) is 0 Å². The minimum Gasteiger partial charge on any atom is -0.371 e. The Morgan fingerprint density at radius 1 is 1.21 bits per heavy atom. The summed E-state index contributed by atoms with van der Waals surface area (Å²) in [5.74, 6) is 0. The Kier molecular flexibility index (Phi) is 5.60. The molecule has 0 aliphatic heterocycles. The molecule has 0 saturated carbocycles. The maximum Gasteiger partial charge on any atom is 0.0734 e. The highest BCUT2D eigenvalue weighted by Crippen LogP contribution is 2.25. The van der Waals surface area contributed by atoms with E-state index in [1.165, 1.54) is 15.3 Å². The van der Waals surface area contributed by atoms with Gasteiger partial charge in [-0.25, -0.2) is 0 Å². The first-order valence-electron chi connectivity index (χ1n) is 7.10. The minimum atomic E-state index is -0.0296. The minimum absolute atomic E-state index is 0.0296. The molecular formula is C16H29NOS. The van der Waals surface area contributed by atoms with Crippen LogP contribution in [0.15, 0.2) is 6.07 Å². The molecule has 2 nitrogen and oxygen atoms in total. The molecule has 0 fully saturated rings. The summed E-state index contributed by atoms with van der Waals surface area (Å²) in [6.07, 6.45) is 1.04. The van der Waals surface area contributed by atoms with Crippen LogP contribution in [0.5, 0.6) is 0 Å². The Balaban J connectivity index is 2.59. The molecule has 1 N–H and O–H groups in total. The zero-order chi connectivity index (χ0) is 14.7. The topological polar surface area (TPSA) is 21.3 Å². The van der Waals surface area contributed by atoms with Crippen LogP contribution in [-0.2, 0) is 17.9 Å². The van der Waals surface area contributed by atoms with E-state index >= 15 is 0 Å². The Morgan fingerprint density at radius 2 is 1.84 bits per heavy atom. The molecule has 0 amide bonds. The first-order chi connectivity index (χ1) is 8.63. The third kappa shape index (κ3) is 6.07. The van der Waals surface area contributed by atoms with Gasteiger partial charge in [-0.3, -0.25) is 0 Å². The van der Waals surface area contributed by atoms with Gasteiger partial charge in [0.05, 0.1) is 12.2 Å². The van der Waals surface area contributed by atoms with E-state index in [2.05, 4.69) is 59.8 Å². The third-order valence-electron chi connectivity index (χ3n) is 3.33. The number of rotatable bonds is 6. The fraction of sp³-hybridized carbons (Fsp3) is 0.750. The Bertz CT molecular complexity index is 401. The third-order valence-corrected chi connectivity index (χ3v) is 4.43. The summed E-state index contributed by atoms with van der Waals surface area (Å²) in [5, 5.41) is 3.53. The molecule has 0 atom stereocenters. The first-order valence-corrected chi connectivity index (χ1v) is 7.92. The number of thiophene rings is 1. The Hall–Kier alpha value is -0.380. The molecule has 0 aliphatic rings. The van der Waals surface area contributed by atoms with Crippen LogP contribution in [0.1, 0.15) is 63.3 Å². The molecule has 19 heavy (non-hydrogen) atoms. The quantitative estimate of drug-likeness (QED) is 0.820. The summed E-state index contributed by atoms with van der Waals surface area (Å²) in [6, 6.07) is 2.28. The monoisotopic (exact) mass is 283 g/mol. The fourth-order valence-electron chi connectivity index (χ4n) is 1.55. The molecule has 0 unspecified atom stereocenters. The van der Waals surface area contributed by atoms with Gasteiger partial charge < -0.3 is 10.1 Å². The van der Waals surface area contributed by atoms with Crippen molar-refractivity contribution in [2.75, 3.05) is 0 Å². The van der Waals surface area contributed by atoms with E-state index in [0.29, 0.717) is 0 Å². The van der Waals surface area contributed by atoms with Crippen LogP contribution in [0.2, 0.25) is 0 Å². The van der Waals surface area contributed by atoms with Crippen LogP contribution in [0.25, 0.3) is 0 Å². The van der Waals surface area contributed by atoms with Gasteiger partial charge in [0.25, 0.3) is 0 Å². The van der Waals surface area contributed by atoms with Crippen molar-refractivity contribution in [3.05, 3.63) is 21.4 Å². The Labute approximate surface area is 122 Å². The number of ether oxygens (including phenoxy) is 1. The van der Waals surface area contributed by atoms with Gasteiger partial charge in [0, 0.05) is 21.8 Å². The highest BCUT2D eigenvalue weighted by atomic mass is 32.1. The van der Waals surface area contributed by atoms with Crippen LogP contribution in [-0.4, -0.2) is 11.1 Å². The van der Waals surface area contributed by atoms with Gasteiger partial charge in [-0.15, -0.1) is 11.3 Å². The lowest BCUT2D eigenvalue weighted by atomic mass is 10.1. The molecule has 1 heterocycles. The molecule has 0 spiro atoms. The van der Waals surface area contributed by atoms with Gasteiger partial charge in [0.2, 0.25) is 0 Å². The van der Waals surface area contributed by atoms with E-state index < -0.39 is 0 Å². The van der Waals surface area contributed by atoms with Gasteiger partial charge >= 0.3 is 0 Å². The molecule has 1 aromatic rings. The van der Waals surface area contributed by atoms with Crippen LogP contribution in [0, 0.1) is 6.92 Å². The summed E-state index contributed by atoms with van der Waals surface area (Å²) in [4.78, 5) is 2.76. The largest absolute Gasteiger partial charge is 0.371 e. The van der Waals surface area contributed by atoms with Crippen molar-refractivity contribution in [1.82, 2.24) is 5.32 Å². The standard InChI is InChI=1S/C16H29NOS/c1-8-16(6,7)18-11-13-9-14(19-12(13)2)10-17-15(3,4)5/h9,17H,8,10-11H2,1-7H3. The summed E-state index contributed by atoms with van der Waals surface area (Å²) in [6.45, 7) is 16.9. The highest BCUT2D eigenvalue weighted by molar-refractivity contribution is 7.12. The predicted octanol–water partition coefficient (Wildman–Crippen LogP) is 4.65. The lowest BCUT2D eigenvalue weighted by Crippen LogP contribution is -2.34. The second-order valence-corrected chi connectivity index (χ2v) is 8.14. The van der Waals surface area contributed by atoms with Gasteiger partial charge in [-0.2, -0.15) is 0 Å². The number of nitrogens with one attached hydrogen (secondary N) is 1. The average Bonchev–Trinajstić information content (AvgIpc) is 2.64. The van der Waals surface area contributed by atoms with Crippen LogP contribution < -0.4 is 5.32 Å². The molecule has 3 heteroatoms. The summed E-state index contributed by atoms with van der Waals surface area (Å²) in [5.41, 5.74) is 1.47. The van der Waals surface area contributed by atoms with Crippen molar-refractivity contribution in [3.8, 4) is 0 Å². The van der Waals surface area contributed by atoms with Crippen molar-refractivity contribution in [3.63, 3.8) is 0 Å². The lowest BCUT2D eigenvalue weighted by molar-refractivity contribution is -0.0316. The molecule has 1 rings (SSSR count). The number of hydrogen-bond donors (Lipinski definition) is 1. The van der Waals surface area contributed by atoms with E-state index in [0.717, 1.165) is 19.6 Å². The molecule has 1 aromatic heterocycles. The van der Waals surface area contributed by atoms with Crippen molar-refractivity contribution in [1.29, 1.82) is 0 Å². The van der Waals surface area contributed by atoms with E-state index in [4.69, 9.17) is 4.74 Å². The normalized spacial score (nSPS) is 13.0. The maximum absolute atomic E-state index is 5.99. The van der Waals surface area contributed by atoms with Gasteiger partial charge in [-0.05, 0) is 59.6 Å². The first kappa shape index (κ1) is 16.7.